The number of nitrogen functional groups attached to an aromatic ring is 1. The molecule has 20 heavy (non-hydrogen) atoms. The number of anilines is 1. The van der Waals surface area contributed by atoms with Crippen LogP contribution in [0.25, 0.3) is 0 Å². The Labute approximate surface area is 122 Å². The first kappa shape index (κ1) is 15.3. The second-order valence-electron chi connectivity index (χ2n) is 6.51. The van der Waals surface area contributed by atoms with Crippen LogP contribution in [0.3, 0.4) is 0 Å². The predicted octanol–water partition coefficient (Wildman–Crippen LogP) is 2.70. The van der Waals surface area contributed by atoms with Gasteiger partial charge in [0.2, 0.25) is 10.0 Å². The molecule has 0 aliphatic carbocycles. The zero-order valence-corrected chi connectivity index (χ0v) is 13.5. The van der Waals surface area contributed by atoms with Crippen LogP contribution < -0.4 is 5.73 Å². The van der Waals surface area contributed by atoms with E-state index in [-0.39, 0.29) is 10.3 Å². The summed E-state index contributed by atoms with van der Waals surface area (Å²) in [5.41, 5.74) is 8.16. The lowest BCUT2D eigenvalue weighted by molar-refractivity contribution is 0.196. The van der Waals surface area contributed by atoms with Gasteiger partial charge in [-0.2, -0.15) is 4.31 Å². The van der Waals surface area contributed by atoms with Crippen molar-refractivity contribution in [2.24, 2.45) is 5.41 Å². The number of rotatable bonds is 2. The molecule has 0 spiro atoms. The largest absolute Gasteiger partial charge is 0.397 e. The highest BCUT2D eigenvalue weighted by Crippen LogP contribution is 2.35. The van der Waals surface area contributed by atoms with Gasteiger partial charge in [0.15, 0.2) is 0 Å². The minimum atomic E-state index is -3.49. The molecule has 5 heteroatoms. The number of piperidine rings is 1. The van der Waals surface area contributed by atoms with E-state index in [9.17, 15) is 8.42 Å². The van der Waals surface area contributed by atoms with Crippen LogP contribution in [0.5, 0.6) is 0 Å². The highest BCUT2D eigenvalue weighted by molar-refractivity contribution is 7.89. The van der Waals surface area contributed by atoms with Gasteiger partial charge in [0, 0.05) is 13.1 Å². The average Bonchev–Trinajstić information content (AvgIpc) is 2.33. The molecule has 1 aliphatic rings. The first-order valence-corrected chi connectivity index (χ1v) is 8.45. The number of benzene rings is 1. The van der Waals surface area contributed by atoms with Crippen LogP contribution in [0.2, 0.25) is 0 Å². The molecule has 0 radical (unpaired) electrons. The van der Waals surface area contributed by atoms with Crippen LogP contribution in [0.4, 0.5) is 5.69 Å². The summed E-state index contributed by atoms with van der Waals surface area (Å²) in [6.07, 6.45) is 1.77. The first-order valence-electron chi connectivity index (χ1n) is 7.01. The minimum absolute atomic E-state index is 0.221. The topological polar surface area (TPSA) is 63.4 Å². The Morgan fingerprint density at radius 3 is 2.15 bits per heavy atom. The first-order chi connectivity index (χ1) is 9.15. The molecule has 1 aromatic rings. The van der Waals surface area contributed by atoms with Crippen LogP contribution in [-0.2, 0) is 10.0 Å². The molecule has 0 atom stereocenters. The maximum atomic E-state index is 12.8. The standard InChI is InChI=1S/C15H24N2O2S/c1-11-5-6-12(2)14(13(11)16)20(18,19)17-9-7-15(3,4)8-10-17/h5-6H,7-10,16H2,1-4H3. The maximum Gasteiger partial charge on any atom is 0.245 e. The lowest BCUT2D eigenvalue weighted by atomic mass is 9.83. The molecule has 0 amide bonds. The lowest BCUT2D eigenvalue weighted by Gasteiger charge is -2.36. The normalized spacial score (nSPS) is 20.0. The van der Waals surface area contributed by atoms with E-state index in [0.717, 1.165) is 24.0 Å². The fourth-order valence-electron chi connectivity index (χ4n) is 2.61. The van der Waals surface area contributed by atoms with E-state index in [1.807, 2.05) is 19.1 Å². The molecule has 1 fully saturated rings. The van der Waals surface area contributed by atoms with Gasteiger partial charge in [-0.1, -0.05) is 26.0 Å². The minimum Gasteiger partial charge on any atom is -0.397 e. The van der Waals surface area contributed by atoms with Gasteiger partial charge in [-0.25, -0.2) is 8.42 Å². The summed E-state index contributed by atoms with van der Waals surface area (Å²) < 4.78 is 27.3. The third kappa shape index (κ3) is 2.69. The van der Waals surface area contributed by atoms with E-state index in [0.29, 0.717) is 18.8 Å². The number of nitrogens with zero attached hydrogens (tertiary/aromatic N) is 1. The summed E-state index contributed by atoms with van der Waals surface area (Å²) in [7, 11) is -3.49. The second kappa shape index (κ2) is 5.04. The molecule has 2 rings (SSSR count). The highest BCUT2D eigenvalue weighted by Gasteiger charge is 2.34. The molecule has 1 heterocycles. The Balaban J connectivity index is 2.40. The van der Waals surface area contributed by atoms with Crippen molar-refractivity contribution in [2.45, 2.75) is 45.4 Å². The second-order valence-corrected chi connectivity index (χ2v) is 8.39. The van der Waals surface area contributed by atoms with Gasteiger partial charge in [0.05, 0.1) is 5.69 Å². The van der Waals surface area contributed by atoms with E-state index in [1.54, 1.807) is 11.2 Å². The van der Waals surface area contributed by atoms with E-state index in [2.05, 4.69) is 13.8 Å². The van der Waals surface area contributed by atoms with Crippen LogP contribution >= 0.6 is 0 Å². The van der Waals surface area contributed by atoms with Gasteiger partial charge in [0.1, 0.15) is 4.90 Å². The van der Waals surface area contributed by atoms with E-state index < -0.39 is 10.0 Å². The summed E-state index contributed by atoms with van der Waals surface area (Å²) in [6, 6.07) is 3.69. The van der Waals surface area contributed by atoms with Crippen LogP contribution in [0.15, 0.2) is 17.0 Å². The smallest absolute Gasteiger partial charge is 0.245 e. The van der Waals surface area contributed by atoms with Crippen molar-refractivity contribution in [3.8, 4) is 0 Å². The van der Waals surface area contributed by atoms with Crippen LogP contribution in [-0.4, -0.2) is 25.8 Å². The van der Waals surface area contributed by atoms with Crippen molar-refractivity contribution >= 4 is 15.7 Å². The quantitative estimate of drug-likeness (QED) is 0.853. The van der Waals surface area contributed by atoms with Crippen LogP contribution in [0, 0.1) is 19.3 Å². The van der Waals surface area contributed by atoms with E-state index in [1.165, 1.54) is 0 Å². The molecule has 1 saturated heterocycles. The SMILES string of the molecule is Cc1ccc(C)c(S(=O)(=O)N2CCC(C)(C)CC2)c1N. The Bertz CT molecular complexity index is 611. The van der Waals surface area contributed by atoms with Gasteiger partial charge in [-0.15, -0.1) is 0 Å². The fourth-order valence-corrected chi connectivity index (χ4v) is 4.45. The number of hydrogen-bond acceptors (Lipinski definition) is 3. The molecule has 0 bridgehead atoms. The molecule has 2 N–H and O–H groups in total. The average molecular weight is 296 g/mol. The predicted molar refractivity (Wildman–Crippen MR) is 82.1 cm³/mol. The van der Waals surface area contributed by atoms with Gasteiger partial charge in [-0.05, 0) is 43.2 Å². The lowest BCUT2D eigenvalue weighted by Crippen LogP contribution is -2.41. The molecule has 1 aromatic carbocycles. The third-order valence-corrected chi connectivity index (χ3v) is 6.39. The summed E-state index contributed by atoms with van der Waals surface area (Å²) >= 11 is 0. The monoisotopic (exact) mass is 296 g/mol. The number of nitrogens with two attached hydrogens (primary N) is 1. The molecule has 0 saturated carbocycles. The summed E-state index contributed by atoms with van der Waals surface area (Å²) in [5.74, 6) is 0. The Kier molecular flexibility index (Phi) is 3.86. The van der Waals surface area contributed by atoms with E-state index >= 15 is 0 Å². The van der Waals surface area contributed by atoms with Gasteiger partial charge >= 0.3 is 0 Å². The van der Waals surface area contributed by atoms with Crippen molar-refractivity contribution in [3.63, 3.8) is 0 Å². The van der Waals surface area contributed by atoms with Crippen molar-refractivity contribution in [2.75, 3.05) is 18.8 Å². The zero-order chi connectivity index (χ0) is 15.1. The molecular formula is C15H24N2O2S. The number of aryl methyl sites for hydroxylation is 2. The summed E-state index contributed by atoms with van der Waals surface area (Å²) in [5, 5.41) is 0. The molecule has 4 nitrogen and oxygen atoms in total. The molecule has 0 aromatic heterocycles. The Morgan fingerprint density at radius 2 is 1.60 bits per heavy atom. The maximum absolute atomic E-state index is 12.8. The number of sulfonamides is 1. The Morgan fingerprint density at radius 1 is 1.10 bits per heavy atom. The van der Waals surface area contributed by atoms with Crippen molar-refractivity contribution in [1.82, 2.24) is 4.31 Å². The third-order valence-electron chi connectivity index (χ3n) is 4.28. The fraction of sp³-hybridized carbons (Fsp3) is 0.600. The van der Waals surface area contributed by atoms with Crippen molar-refractivity contribution in [3.05, 3.63) is 23.3 Å². The van der Waals surface area contributed by atoms with Crippen molar-refractivity contribution < 1.29 is 8.42 Å². The van der Waals surface area contributed by atoms with Gasteiger partial charge in [0.25, 0.3) is 0 Å². The van der Waals surface area contributed by atoms with Gasteiger partial charge in [-0.3, -0.25) is 0 Å². The van der Waals surface area contributed by atoms with Crippen molar-refractivity contribution in [1.29, 1.82) is 0 Å². The molecule has 0 unspecified atom stereocenters. The molecular weight excluding hydrogens is 272 g/mol. The molecule has 112 valence electrons. The van der Waals surface area contributed by atoms with Crippen LogP contribution in [0.1, 0.15) is 37.8 Å². The van der Waals surface area contributed by atoms with E-state index in [4.69, 9.17) is 5.73 Å². The summed E-state index contributed by atoms with van der Waals surface area (Å²) in [6.45, 7) is 9.15. The zero-order valence-electron chi connectivity index (χ0n) is 12.7. The molecule has 1 aliphatic heterocycles. The van der Waals surface area contributed by atoms with Gasteiger partial charge < -0.3 is 5.73 Å². The summed E-state index contributed by atoms with van der Waals surface area (Å²) in [4.78, 5) is 0.289. The highest BCUT2D eigenvalue weighted by atomic mass is 32.2. The number of hydrogen-bond donors (Lipinski definition) is 1. The Hall–Kier alpha value is -1.07.